The Hall–Kier alpha value is -5.58. The van der Waals surface area contributed by atoms with Crippen molar-refractivity contribution < 1.29 is 56.0 Å². The Morgan fingerprint density at radius 1 is 0.901 bits per heavy atom. The molecule has 3 aromatic rings. The molecule has 0 bridgehead atoms. The minimum absolute atomic E-state index is 0.0241. The number of likely N-dealkylation sites (tertiary alicyclic amines) is 1. The van der Waals surface area contributed by atoms with Crippen molar-refractivity contribution in [2.24, 2.45) is 11.3 Å². The van der Waals surface area contributed by atoms with E-state index in [1.54, 1.807) is 47.9 Å². The summed E-state index contributed by atoms with van der Waals surface area (Å²) in [6.07, 6.45) is 2.74. The molecule has 3 aromatic carbocycles. The first-order valence-electron chi connectivity index (χ1n) is 24.1. The predicted molar refractivity (Wildman–Crippen MR) is 267 cm³/mol. The van der Waals surface area contributed by atoms with Gasteiger partial charge in [-0.2, -0.15) is 13.2 Å². The molecular weight excluding hydrogens is 940 g/mol. The molecule has 0 spiro atoms. The number of nitrogens with zero attached hydrogens (tertiary/aromatic N) is 3. The van der Waals surface area contributed by atoms with Crippen molar-refractivity contribution in [3.8, 4) is 18.1 Å². The largest absolute Gasteiger partial charge is 0.491 e. The molecule has 6 rings (SSSR count). The fourth-order valence-electron chi connectivity index (χ4n) is 8.92. The van der Waals surface area contributed by atoms with Crippen molar-refractivity contribution in [2.45, 2.75) is 110 Å². The third kappa shape index (κ3) is 13.1. The van der Waals surface area contributed by atoms with Crippen LogP contribution in [-0.4, -0.2) is 117 Å². The number of thiocarbonyl (C=S) groups is 1. The standard InChI is InChI=1S/C53H66F3N5O9S/c1-9-34(3)46(62)58-45(51(4,5)6)48(64)59-23-13-16-42(59)47(63)57-44-40-15-12-11-14-36(40)32-43(44)70-31-29-68-27-25-66-24-26-67-28-30-69-39-21-19-37(20-22-39)61-50(71)60(49(65)52(61,7)8)38-18-17-35(10-2)41(33-38)53(54,55)56/h2,11-12,14-15,17-22,33-34,42-45H,9,13,16,23-32H2,1,3-8H3,(H,57,63)(H,58,62)/t34-,42+,43-,44+,45-/m1/s1. The molecule has 2 fully saturated rings. The summed E-state index contributed by atoms with van der Waals surface area (Å²) < 4.78 is 70.5. The fourth-order valence-corrected chi connectivity index (χ4v) is 9.44. The van der Waals surface area contributed by atoms with Gasteiger partial charge in [-0.05, 0) is 104 Å². The lowest BCUT2D eigenvalue weighted by molar-refractivity contribution is -0.144. The topological polar surface area (TPSA) is 148 Å². The van der Waals surface area contributed by atoms with E-state index in [0.717, 1.165) is 28.2 Å². The monoisotopic (exact) mass is 1010 g/mol. The number of benzene rings is 3. The normalized spacial score (nSPS) is 19.6. The average molecular weight is 1010 g/mol. The number of nitrogens with one attached hydrogen (secondary N) is 2. The van der Waals surface area contributed by atoms with Crippen LogP contribution >= 0.6 is 12.2 Å². The lowest BCUT2D eigenvalue weighted by Gasteiger charge is -2.36. The number of halogens is 3. The number of carbonyl (C=O) groups is 4. The lowest BCUT2D eigenvalue weighted by atomic mass is 9.85. The molecule has 5 atom stereocenters. The van der Waals surface area contributed by atoms with Crippen molar-refractivity contribution in [2.75, 3.05) is 69.2 Å². The van der Waals surface area contributed by atoms with Crippen LogP contribution in [0.5, 0.6) is 5.75 Å². The SMILES string of the molecule is C#Cc1ccc(N2C(=O)C(C)(C)N(c3ccc(OCCOCCOCCOCCO[C@@H]4Cc5ccccc5[C@@H]4NC(=O)[C@@H]4CCCN4C(=O)[C@@H](NC(=O)[C@H](C)CC)C(C)(C)C)cc3)C2=S)cc1C(F)(F)F. The van der Waals surface area contributed by atoms with Crippen LogP contribution in [0, 0.1) is 23.7 Å². The molecule has 2 saturated heterocycles. The van der Waals surface area contributed by atoms with Gasteiger partial charge in [-0.3, -0.25) is 24.1 Å². The van der Waals surface area contributed by atoms with Crippen molar-refractivity contribution >= 4 is 52.3 Å². The number of amides is 4. The molecule has 0 aromatic heterocycles. The maximum absolute atomic E-state index is 14.0. The van der Waals surface area contributed by atoms with Gasteiger partial charge < -0.3 is 44.1 Å². The fraction of sp³-hybridized carbons (Fsp3) is 0.528. The first kappa shape index (κ1) is 54.7. The van der Waals surface area contributed by atoms with Gasteiger partial charge in [0.05, 0.1) is 69.6 Å². The predicted octanol–water partition coefficient (Wildman–Crippen LogP) is 7.40. The zero-order valence-corrected chi connectivity index (χ0v) is 42.4. The van der Waals surface area contributed by atoms with Crippen molar-refractivity contribution in [1.29, 1.82) is 0 Å². The van der Waals surface area contributed by atoms with Crippen LogP contribution in [0.25, 0.3) is 0 Å². The molecule has 18 heteroatoms. The molecule has 1 aliphatic carbocycles. The zero-order chi connectivity index (χ0) is 51.7. The van der Waals surface area contributed by atoms with Crippen LogP contribution < -0.4 is 25.2 Å². The summed E-state index contributed by atoms with van der Waals surface area (Å²) in [6.45, 7) is 15.8. The van der Waals surface area contributed by atoms with E-state index in [2.05, 4.69) is 10.6 Å². The van der Waals surface area contributed by atoms with Crippen LogP contribution in [0.1, 0.15) is 96.0 Å². The van der Waals surface area contributed by atoms with E-state index < -0.39 is 46.7 Å². The number of rotatable bonds is 22. The summed E-state index contributed by atoms with van der Waals surface area (Å²) in [6, 6.07) is 16.3. The van der Waals surface area contributed by atoms with Gasteiger partial charge >= 0.3 is 6.18 Å². The second-order valence-corrected chi connectivity index (χ2v) is 19.8. The quantitative estimate of drug-likeness (QED) is 0.0590. The van der Waals surface area contributed by atoms with Crippen LogP contribution in [0.3, 0.4) is 0 Å². The third-order valence-corrected chi connectivity index (χ3v) is 13.4. The first-order chi connectivity index (χ1) is 33.7. The minimum atomic E-state index is -4.72. The van der Waals surface area contributed by atoms with Gasteiger partial charge in [-0.25, -0.2) is 0 Å². The van der Waals surface area contributed by atoms with Crippen molar-refractivity contribution in [1.82, 2.24) is 15.5 Å². The van der Waals surface area contributed by atoms with Gasteiger partial charge in [0.2, 0.25) is 17.7 Å². The third-order valence-electron chi connectivity index (χ3n) is 13.1. The molecule has 4 amide bonds. The van der Waals surface area contributed by atoms with Crippen molar-refractivity contribution in [3.63, 3.8) is 0 Å². The van der Waals surface area contributed by atoms with Crippen LogP contribution in [0.2, 0.25) is 0 Å². The second-order valence-electron chi connectivity index (χ2n) is 19.5. The van der Waals surface area contributed by atoms with Gasteiger partial charge in [0.1, 0.15) is 30.0 Å². The molecule has 0 radical (unpaired) electrons. The number of alkyl halides is 3. The Labute approximate surface area is 420 Å². The summed E-state index contributed by atoms with van der Waals surface area (Å²) in [7, 11) is 0. The molecule has 2 aliphatic heterocycles. The van der Waals surface area contributed by atoms with E-state index in [4.69, 9.17) is 42.3 Å². The zero-order valence-electron chi connectivity index (χ0n) is 41.6. The van der Waals surface area contributed by atoms with Crippen LogP contribution in [0.15, 0.2) is 66.7 Å². The van der Waals surface area contributed by atoms with Gasteiger partial charge in [-0.15, -0.1) is 6.42 Å². The van der Waals surface area contributed by atoms with Crippen LogP contribution in [0.4, 0.5) is 24.5 Å². The molecule has 3 aliphatic rings. The first-order valence-corrected chi connectivity index (χ1v) is 24.5. The van der Waals surface area contributed by atoms with E-state index in [0.29, 0.717) is 89.9 Å². The highest BCUT2D eigenvalue weighted by Gasteiger charge is 2.51. The molecule has 0 unspecified atom stereocenters. The molecule has 71 heavy (non-hydrogen) atoms. The Balaban J connectivity index is 0.873. The van der Waals surface area contributed by atoms with Gasteiger partial charge in [0.15, 0.2) is 5.11 Å². The average Bonchev–Trinajstić information content (AvgIpc) is 4.01. The number of hydrogen-bond acceptors (Lipinski definition) is 10. The molecular formula is C53H66F3N5O9S. The molecule has 384 valence electrons. The number of fused-ring (bicyclic) bond motifs is 1. The molecule has 14 nitrogen and oxygen atoms in total. The highest BCUT2D eigenvalue weighted by molar-refractivity contribution is 7.81. The van der Waals surface area contributed by atoms with Crippen molar-refractivity contribution in [3.05, 3.63) is 89.0 Å². The van der Waals surface area contributed by atoms with E-state index in [9.17, 15) is 32.3 Å². The number of anilines is 2. The minimum Gasteiger partial charge on any atom is -0.491 e. The Morgan fingerprint density at radius 3 is 2.14 bits per heavy atom. The summed E-state index contributed by atoms with van der Waals surface area (Å²) in [4.78, 5) is 58.7. The summed E-state index contributed by atoms with van der Waals surface area (Å²) in [5.74, 6) is 1.20. The lowest BCUT2D eigenvalue weighted by Crippen LogP contribution is -2.58. The number of hydrogen-bond donors (Lipinski definition) is 2. The summed E-state index contributed by atoms with van der Waals surface area (Å²) in [5, 5.41) is 6.22. The van der Waals surface area contributed by atoms with Gasteiger partial charge in [0.25, 0.3) is 5.91 Å². The Kier molecular flexibility index (Phi) is 18.3. The molecule has 2 heterocycles. The highest BCUT2D eigenvalue weighted by Crippen LogP contribution is 2.40. The van der Waals surface area contributed by atoms with E-state index >= 15 is 0 Å². The van der Waals surface area contributed by atoms with E-state index in [-0.39, 0.29) is 52.7 Å². The number of terminal acetylenes is 1. The summed E-state index contributed by atoms with van der Waals surface area (Å²) >= 11 is 5.65. The van der Waals surface area contributed by atoms with Gasteiger partial charge in [-0.1, -0.05) is 64.8 Å². The molecule has 0 saturated carbocycles. The summed E-state index contributed by atoms with van der Waals surface area (Å²) in [5.41, 5.74) is -0.528. The Morgan fingerprint density at radius 2 is 1.52 bits per heavy atom. The smallest absolute Gasteiger partial charge is 0.417 e. The second kappa shape index (κ2) is 23.8. The highest BCUT2D eigenvalue weighted by atomic mass is 32.1. The van der Waals surface area contributed by atoms with E-state index in [1.165, 1.54) is 6.07 Å². The van der Waals surface area contributed by atoms with Gasteiger partial charge in [0, 0.05) is 30.1 Å². The number of ether oxygens (including phenoxy) is 5. The van der Waals surface area contributed by atoms with Crippen LogP contribution in [-0.2, 0) is 50.7 Å². The maximum atomic E-state index is 14.0. The molecule has 2 N–H and O–H groups in total. The number of carbonyl (C=O) groups excluding carboxylic acids is 4. The Bertz CT molecular complexity index is 2420. The van der Waals surface area contributed by atoms with E-state index in [1.807, 2.05) is 64.8 Å². The maximum Gasteiger partial charge on any atom is 0.417 e.